The van der Waals surface area contributed by atoms with Crippen molar-refractivity contribution in [3.63, 3.8) is 0 Å². The van der Waals surface area contributed by atoms with Crippen LogP contribution in [0.2, 0.25) is 0 Å². The van der Waals surface area contributed by atoms with Crippen LogP contribution in [0.4, 0.5) is 0 Å². The number of aryl methyl sites for hydroxylation is 1. The van der Waals surface area contributed by atoms with Crippen molar-refractivity contribution in [3.05, 3.63) is 39.5 Å². The quantitative estimate of drug-likeness (QED) is 0.590. The Kier molecular flexibility index (Phi) is 2.33. The molecule has 1 nitrogen and oxygen atoms in total. The molecular formula is C13H9IOS. The van der Waals surface area contributed by atoms with E-state index in [1.54, 1.807) is 17.4 Å². The Morgan fingerprint density at radius 3 is 2.69 bits per heavy atom. The second-order valence-electron chi connectivity index (χ2n) is 3.83. The summed E-state index contributed by atoms with van der Waals surface area (Å²) in [4.78, 5) is 0. The van der Waals surface area contributed by atoms with Gasteiger partial charge in [-0.1, -0.05) is 6.07 Å². The van der Waals surface area contributed by atoms with E-state index < -0.39 is 0 Å². The van der Waals surface area contributed by atoms with Crippen molar-refractivity contribution >= 4 is 54.1 Å². The smallest absolute Gasteiger partial charge is 0.117 e. The van der Waals surface area contributed by atoms with Crippen LogP contribution in [-0.4, -0.2) is 5.11 Å². The highest BCUT2D eigenvalue weighted by atomic mass is 127. The largest absolute Gasteiger partial charge is 0.508 e. The maximum Gasteiger partial charge on any atom is 0.117 e. The minimum absolute atomic E-state index is 0.339. The maximum absolute atomic E-state index is 9.48. The minimum atomic E-state index is 0.339. The number of aromatic hydroxyl groups is 1. The highest BCUT2D eigenvalue weighted by molar-refractivity contribution is 14.1. The van der Waals surface area contributed by atoms with Crippen LogP contribution in [0.1, 0.15) is 5.56 Å². The summed E-state index contributed by atoms with van der Waals surface area (Å²) in [5, 5.41) is 12.0. The van der Waals surface area contributed by atoms with Crippen LogP contribution in [0.25, 0.3) is 20.2 Å². The molecule has 0 aliphatic carbocycles. The molecule has 0 saturated heterocycles. The Hall–Kier alpha value is -0.810. The molecule has 3 aromatic rings. The van der Waals surface area contributed by atoms with E-state index in [1.165, 1.54) is 24.6 Å². The second kappa shape index (κ2) is 3.60. The van der Waals surface area contributed by atoms with Gasteiger partial charge < -0.3 is 5.11 Å². The van der Waals surface area contributed by atoms with Crippen molar-refractivity contribution in [3.8, 4) is 5.75 Å². The monoisotopic (exact) mass is 340 g/mol. The first-order chi connectivity index (χ1) is 7.66. The van der Waals surface area contributed by atoms with Gasteiger partial charge in [0.1, 0.15) is 5.75 Å². The number of phenols is 1. The van der Waals surface area contributed by atoms with Crippen molar-refractivity contribution in [2.24, 2.45) is 0 Å². The lowest BCUT2D eigenvalue weighted by atomic mass is 10.1. The molecule has 3 heteroatoms. The molecule has 0 spiro atoms. The van der Waals surface area contributed by atoms with Gasteiger partial charge in [0.05, 0.1) is 0 Å². The van der Waals surface area contributed by atoms with E-state index in [-0.39, 0.29) is 0 Å². The predicted molar refractivity (Wildman–Crippen MR) is 78.4 cm³/mol. The standard InChI is InChI=1S/C13H9IOS/c1-7-11(14)5-4-10-9-3-2-8(15)6-12(9)16-13(7)10/h2-6,15H,1H3. The summed E-state index contributed by atoms with van der Waals surface area (Å²) >= 11 is 4.11. The van der Waals surface area contributed by atoms with Crippen LogP contribution in [0.15, 0.2) is 30.3 Å². The number of rotatable bonds is 0. The molecule has 1 aromatic heterocycles. The number of hydrogen-bond donors (Lipinski definition) is 1. The fourth-order valence-electron chi connectivity index (χ4n) is 1.94. The van der Waals surface area contributed by atoms with Crippen LogP contribution in [0.3, 0.4) is 0 Å². The van der Waals surface area contributed by atoms with Gasteiger partial charge in [-0.05, 0) is 59.3 Å². The summed E-state index contributed by atoms with van der Waals surface area (Å²) in [6, 6.07) is 9.90. The van der Waals surface area contributed by atoms with Gasteiger partial charge in [-0.15, -0.1) is 11.3 Å². The molecule has 0 fully saturated rings. The van der Waals surface area contributed by atoms with Gasteiger partial charge in [-0.3, -0.25) is 0 Å². The summed E-state index contributed by atoms with van der Waals surface area (Å²) in [5.74, 6) is 0.339. The second-order valence-corrected chi connectivity index (χ2v) is 6.05. The van der Waals surface area contributed by atoms with Crippen LogP contribution >= 0.6 is 33.9 Å². The molecule has 0 unspecified atom stereocenters. The third-order valence-corrected chi connectivity index (χ3v) is 5.26. The zero-order valence-electron chi connectivity index (χ0n) is 8.62. The van der Waals surface area contributed by atoms with E-state index in [9.17, 15) is 5.11 Å². The molecule has 80 valence electrons. The average Bonchev–Trinajstić information content (AvgIpc) is 2.62. The van der Waals surface area contributed by atoms with Crippen molar-refractivity contribution < 1.29 is 5.11 Å². The lowest BCUT2D eigenvalue weighted by Gasteiger charge is -1.98. The van der Waals surface area contributed by atoms with Crippen molar-refractivity contribution in [2.75, 3.05) is 0 Å². The highest BCUT2D eigenvalue weighted by Gasteiger charge is 2.09. The van der Waals surface area contributed by atoms with E-state index >= 15 is 0 Å². The molecule has 3 rings (SSSR count). The van der Waals surface area contributed by atoms with Gasteiger partial charge >= 0.3 is 0 Å². The van der Waals surface area contributed by atoms with Gasteiger partial charge in [0.15, 0.2) is 0 Å². The van der Waals surface area contributed by atoms with Crippen LogP contribution in [-0.2, 0) is 0 Å². The zero-order valence-corrected chi connectivity index (χ0v) is 11.6. The first-order valence-corrected chi connectivity index (χ1v) is 6.86. The lowest BCUT2D eigenvalue weighted by molar-refractivity contribution is 0.476. The highest BCUT2D eigenvalue weighted by Crippen LogP contribution is 2.38. The molecule has 0 bridgehead atoms. The van der Waals surface area contributed by atoms with Crippen LogP contribution in [0.5, 0.6) is 5.75 Å². The molecule has 1 N–H and O–H groups in total. The molecular weight excluding hydrogens is 331 g/mol. The Bertz CT molecular complexity index is 700. The van der Waals surface area contributed by atoms with Crippen molar-refractivity contribution in [1.29, 1.82) is 0 Å². The zero-order chi connectivity index (χ0) is 11.3. The molecule has 0 amide bonds. The van der Waals surface area contributed by atoms with Gasteiger partial charge in [-0.25, -0.2) is 0 Å². The van der Waals surface area contributed by atoms with E-state index in [0.29, 0.717) is 5.75 Å². The predicted octanol–water partition coefficient (Wildman–Crippen LogP) is 4.67. The van der Waals surface area contributed by atoms with Gasteiger partial charge in [0.2, 0.25) is 0 Å². The summed E-state index contributed by atoms with van der Waals surface area (Å²) in [6.07, 6.45) is 0. The third kappa shape index (κ3) is 1.42. The molecule has 1 heterocycles. The Morgan fingerprint density at radius 2 is 1.88 bits per heavy atom. The SMILES string of the molecule is Cc1c(I)ccc2c1sc1cc(O)ccc12. The maximum atomic E-state index is 9.48. The summed E-state index contributed by atoms with van der Waals surface area (Å²) in [7, 11) is 0. The lowest BCUT2D eigenvalue weighted by Crippen LogP contribution is -1.78. The Balaban J connectivity index is 2.55. The first-order valence-electron chi connectivity index (χ1n) is 4.97. The Labute approximate surface area is 111 Å². The van der Waals surface area contributed by atoms with Crippen molar-refractivity contribution in [2.45, 2.75) is 6.92 Å². The van der Waals surface area contributed by atoms with Gasteiger partial charge in [0.25, 0.3) is 0 Å². The van der Waals surface area contributed by atoms with E-state index in [1.807, 2.05) is 12.1 Å². The molecule has 0 atom stereocenters. The van der Waals surface area contributed by atoms with E-state index in [0.717, 1.165) is 4.70 Å². The number of phenolic OH excluding ortho intramolecular Hbond substituents is 1. The fraction of sp³-hybridized carbons (Fsp3) is 0.0769. The van der Waals surface area contributed by atoms with Crippen LogP contribution < -0.4 is 0 Å². The summed E-state index contributed by atoms with van der Waals surface area (Å²) in [5.41, 5.74) is 1.33. The molecule has 0 aliphatic rings. The molecule has 0 aliphatic heterocycles. The minimum Gasteiger partial charge on any atom is -0.508 e. The van der Waals surface area contributed by atoms with Gasteiger partial charge in [-0.2, -0.15) is 0 Å². The molecule has 2 aromatic carbocycles. The van der Waals surface area contributed by atoms with Crippen molar-refractivity contribution in [1.82, 2.24) is 0 Å². The molecule has 0 radical (unpaired) electrons. The average molecular weight is 340 g/mol. The first kappa shape index (κ1) is 10.4. The normalized spacial score (nSPS) is 11.4. The van der Waals surface area contributed by atoms with Gasteiger partial charge in [0, 0.05) is 23.7 Å². The number of benzene rings is 2. The summed E-state index contributed by atoms with van der Waals surface area (Å²) in [6.45, 7) is 2.15. The number of hydrogen-bond acceptors (Lipinski definition) is 2. The number of halogens is 1. The van der Waals surface area contributed by atoms with E-state index in [2.05, 4.69) is 41.6 Å². The summed E-state index contributed by atoms with van der Waals surface area (Å²) < 4.78 is 3.77. The third-order valence-electron chi connectivity index (χ3n) is 2.81. The molecule has 16 heavy (non-hydrogen) atoms. The fourth-order valence-corrected chi connectivity index (χ4v) is 3.81. The molecule has 0 saturated carbocycles. The van der Waals surface area contributed by atoms with E-state index in [4.69, 9.17) is 0 Å². The number of fused-ring (bicyclic) bond motifs is 3. The number of thiophene rings is 1. The van der Waals surface area contributed by atoms with Crippen LogP contribution in [0, 0.1) is 10.5 Å². The topological polar surface area (TPSA) is 20.2 Å². The Morgan fingerprint density at radius 1 is 1.12 bits per heavy atom.